The van der Waals surface area contributed by atoms with Gasteiger partial charge in [-0.2, -0.15) is 5.10 Å². The van der Waals surface area contributed by atoms with Gasteiger partial charge in [0.2, 0.25) is 0 Å². The van der Waals surface area contributed by atoms with Gasteiger partial charge in [0.05, 0.1) is 17.1 Å². The molecule has 0 aliphatic carbocycles. The molecular weight excluding hydrogens is 279 g/mol. The van der Waals surface area contributed by atoms with Gasteiger partial charge in [-0.3, -0.25) is 4.68 Å². The fraction of sp³-hybridized carbons (Fsp3) is 0.462. The third-order valence-electron chi connectivity index (χ3n) is 2.64. The predicted molar refractivity (Wildman–Crippen MR) is 66.7 cm³/mol. The predicted octanol–water partition coefficient (Wildman–Crippen LogP) is 4.25. The van der Waals surface area contributed by atoms with Crippen LogP contribution in [-0.2, 0) is 6.54 Å². The highest BCUT2D eigenvalue weighted by Gasteiger charge is 2.31. The largest absolute Gasteiger partial charge is 0.295 e. The van der Waals surface area contributed by atoms with Crippen molar-refractivity contribution in [3.05, 3.63) is 29.5 Å². The van der Waals surface area contributed by atoms with Gasteiger partial charge in [-0.05, 0) is 6.92 Å². The fourth-order valence-corrected chi connectivity index (χ4v) is 1.64. The van der Waals surface area contributed by atoms with E-state index in [9.17, 15) is 22.0 Å². The maximum atomic E-state index is 13.6. The van der Waals surface area contributed by atoms with Crippen LogP contribution >= 0.6 is 0 Å². The zero-order chi connectivity index (χ0) is 15.5. The van der Waals surface area contributed by atoms with Crippen molar-refractivity contribution in [2.75, 3.05) is 6.67 Å². The minimum atomic E-state index is -3.61. The Labute approximate surface area is 113 Å². The van der Waals surface area contributed by atoms with Crippen molar-refractivity contribution in [1.29, 1.82) is 0 Å². The third kappa shape index (κ3) is 3.08. The van der Waals surface area contributed by atoms with Gasteiger partial charge in [0, 0.05) is 11.6 Å². The zero-order valence-electron chi connectivity index (χ0n) is 11.4. The first-order valence-electron chi connectivity index (χ1n) is 6.09. The summed E-state index contributed by atoms with van der Waals surface area (Å²) in [6.45, 7) is 2.32. The molecule has 0 spiro atoms. The van der Waals surface area contributed by atoms with Gasteiger partial charge in [0.1, 0.15) is 18.2 Å². The molecule has 2 aromatic rings. The molecule has 0 unspecified atom stereocenters. The molecule has 0 aliphatic rings. The second kappa shape index (κ2) is 6.19. The normalized spacial score (nSPS) is 11.4. The Balaban J connectivity index is 0.000000956. The summed E-state index contributed by atoms with van der Waals surface area (Å²) in [4.78, 5) is 0. The Morgan fingerprint density at radius 1 is 1.25 bits per heavy atom. The number of halogens is 5. The number of benzene rings is 1. The second-order valence-electron chi connectivity index (χ2n) is 4.02. The molecule has 0 bridgehead atoms. The minimum Gasteiger partial charge on any atom is -0.258 e. The highest BCUT2D eigenvalue weighted by atomic mass is 19.3. The van der Waals surface area contributed by atoms with Crippen molar-refractivity contribution in [1.82, 2.24) is 9.78 Å². The summed E-state index contributed by atoms with van der Waals surface area (Å²) in [7, 11) is 0. The Morgan fingerprint density at radius 2 is 1.85 bits per heavy atom. The molecule has 0 aliphatic heterocycles. The molecule has 0 N–H and O–H groups in total. The minimum absolute atomic E-state index is 0.0661. The van der Waals surface area contributed by atoms with Gasteiger partial charge in [-0.1, -0.05) is 13.8 Å². The van der Waals surface area contributed by atoms with Crippen LogP contribution < -0.4 is 0 Å². The van der Waals surface area contributed by atoms with Crippen LogP contribution in [0.25, 0.3) is 10.9 Å². The van der Waals surface area contributed by atoms with Crippen LogP contribution in [-0.4, -0.2) is 22.4 Å². The standard InChI is InChI=1S/C11H9F5N2.C2H6/c1-6-8(13)2-9-7(10(6)14)3-17-18(9)5-11(15,16)4-12;1-2/h2-3H,4-5H2,1H3;1-2H3. The summed E-state index contributed by atoms with van der Waals surface area (Å²) >= 11 is 0. The first-order valence-corrected chi connectivity index (χ1v) is 6.09. The number of rotatable bonds is 3. The lowest BCUT2D eigenvalue weighted by molar-refractivity contribution is -0.0393. The molecule has 0 saturated carbocycles. The van der Waals surface area contributed by atoms with Crippen molar-refractivity contribution < 1.29 is 22.0 Å². The molecule has 2 rings (SSSR count). The highest BCUT2D eigenvalue weighted by molar-refractivity contribution is 5.80. The maximum absolute atomic E-state index is 13.6. The molecule has 1 heterocycles. The van der Waals surface area contributed by atoms with E-state index >= 15 is 0 Å². The summed E-state index contributed by atoms with van der Waals surface area (Å²) < 4.78 is 65.5. The van der Waals surface area contributed by atoms with Crippen molar-refractivity contribution in [3.63, 3.8) is 0 Å². The van der Waals surface area contributed by atoms with E-state index < -0.39 is 30.8 Å². The van der Waals surface area contributed by atoms with Crippen molar-refractivity contribution in [3.8, 4) is 0 Å². The number of aromatic nitrogens is 2. The quantitative estimate of drug-likeness (QED) is 0.774. The van der Waals surface area contributed by atoms with Crippen molar-refractivity contribution >= 4 is 10.9 Å². The monoisotopic (exact) mass is 294 g/mol. The van der Waals surface area contributed by atoms with Crippen LogP contribution in [0.15, 0.2) is 12.3 Å². The van der Waals surface area contributed by atoms with Crippen LogP contribution in [0.3, 0.4) is 0 Å². The van der Waals surface area contributed by atoms with Crippen LogP contribution in [0.5, 0.6) is 0 Å². The Morgan fingerprint density at radius 3 is 2.40 bits per heavy atom. The summed E-state index contributed by atoms with van der Waals surface area (Å²) in [5, 5.41) is 3.47. The van der Waals surface area contributed by atoms with Crippen molar-refractivity contribution in [2.45, 2.75) is 33.2 Å². The van der Waals surface area contributed by atoms with E-state index in [-0.39, 0.29) is 16.5 Å². The number of hydrogen-bond donors (Lipinski definition) is 0. The molecule has 2 nitrogen and oxygen atoms in total. The Hall–Kier alpha value is -1.66. The number of nitrogens with zero attached hydrogens (tertiary/aromatic N) is 2. The molecule has 0 fully saturated rings. The lowest BCUT2D eigenvalue weighted by Crippen LogP contribution is -2.26. The van der Waals surface area contributed by atoms with Gasteiger partial charge in [-0.25, -0.2) is 22.0 Å². The summed E-state index contributed by atoms with van der Waals surface area (Å²) in [5.41, 5.74) is -0.331. The average Bonchev–Trinajstić information content (AvgIpc) is 2.81. The van der Waals surface area contributed by atoms with Crippen molar-refractivity contribution in [2.24, 2.45) is 0 Å². The fourth-order valence-electron chi connectivity index (χ4n) is 1.64. The first-order chi connectivity index (χ1) is 9.35. The first kappa shape index (κ1) is 16.4. The van der Waals surface area contributed by atoms with Gasteiger partial charge in [-0.15, -0.1) is 0 Å². The molecule has 1 aromatic carbocycles. The lowest BCUT2D eigenvalue weighted by atomic mass is 10.1. The molecular formula is C13H15F5N2. The van der Waals surface area contributed by atoms with E-state index in [4.69, 9.17) is 0 Å². The number of fused-ring (bicyclic) bond motifs is 1. The van der Waals surface area contributed by atoms with Crippen LogP contribution in [0.1, 0.15) is 19.4 Å². The van der Waals surface area contributed by atoms with Gasteiger partial charge < -0.3 is 0 Å². The Bertz CT molecular complexity index is 592. The summed E-state index contributed by atoms with van der Waals surface area (Å²) in [6, 6.07) is 0.912. The van der Waals surface area contributed by atoms with Crippen LogP contribution in [0.2, 0.25) is 0 Å². The molecule has 1 aromatic heterocycles. The molecule has 0 radical (unpaired) electrons. The summed E-state index contributed by atoms with van der Waals surface area (Å²) in [6.07, 6.45) is 1.02. The molecule has 112 valence electrons. The van der Waals surface area contributed by atoms with Gasteiger partial charge in [0.25, 0.3) is 5.92 Å². The summed E-state index contributed by atoms with van der Waals surface area (Å²) in [5.74, 6) is -5.32. The smallest absolute Gasteiger partial charge is 0.258 e. The van der Waals surface area contributed by atoms with Gasteiger partial charge >= 0.3 is 0 Å². The van der Waals surface area contributed by atoms with E-state index in [1.165, 1.54) is 6.92 Å². The van der Waals surface area contributed by atoms with E-state index in [0.29, 0.717) is 4.68 Å². The molecule has 0 amide bonds. The SMILES string of the molecule is CC.Cc1c(F)cc2c(cnn2CC(F)(F)CF)c1F. The molecule has 0 atom stereocenters. The lowest BCUT2D eigenvalue weighted by Gasteiger charge is -2.12. The molecule has 0 saturated heterocycles. The maximum Gasteiger partial charge on any atom is 0.295 e. The zero-order valence-corrected chi connectivity index (χ0v) is 11.4. The molecule has 7 heteroatoms. The Kier molecular flexibility index (Phi) is 5.08. The third-order valence-corrected chi connectivity index (χ3v) is 2.64. The van der Waals surface area contributed by atoms with Gasteiger partial charge in [0.15, 0.2) is 6.67 Å². The van der Waals surface area contributed by atoms with E-state index in [1.807, 2.05) is 13.8 Å². The average molecular weight is 294 g/mol. The van der Waals surface area contributed by atoms with Crippen LogP contribution in [0.4, 0.5) is 22.0 Å². The second-order valence-corrected chi connectivity index (χ2v) is 4.02. The topological polar surface area (TPSA) is 17.8 Å². The highest BCUT2D eigenvalue weighted by Crippen LogP contribution is 2.25. The number of hydrogen-bond acceptors (Lipinski definition) is 1. The van der Waals surface area contributed by atoms with E-state index in [0.717, 1.165) is 12.3 Å². The number of alkyl halides is 3. The van der Waals surface area contributed by atoms with E-state index in [2.05, 4.69) is 5.10 Å². The van der Waals surface area contributed by atoms with Crippen LogP contribution in [0, 0.1) is 18.6 Å². The van der Waals surface area contributed by atoms with E-state index in [1.54, 1.807) is 0 Å². The molecule has 20 heavy (non-hydrogen) atoms.